The van der Waals surface area contributed by atoms with E-state index in [-0.39, 0.29) is 46.5 Å². The maximum atomic E-state index is 2.99. The average Bonchev–Trinajstić information content (AvgIpc) is 2.88. The van der Waals surface area contributed by atoms with Crippen molar-refractivity contribution >= 4 is 0 Å². The number of rotatable bonds is 3. The van der Waals surface area contributed by atoms with Gasteiger partial charge < -0.3 is 24.8 Å². The molecule has 0 radical (unpaired) electrons. The molecule has 0 spiro atoms. The van der Waals surface area contributed by atoms with Gasteiger partial charge in [-0.3, -0.25) is 6.08 Å². The van der Waals surface area contributed by atoms with E-state index >= 15 is 0 Å². The Morgan fingerprint density at radius 1 is 1.33 bits per heavy atom. The van der Waals surface area contributed by atoms with E-state index in [2.05, 4.69) is 44.2 Å². The zero-order chi connectivity index (χ0) is 10.9. The minimum atomic E-state index is 0. The third kappa shape index (κ3) is 11.2. The van der Waals surface area contributed by atoms with Crippen LogP contribution in [0.1, 0.15) is 37.3 Å². The number of halogens is 2. The number of hydrogen-bond donors (Lipinski definition) is 0. The molecule has 0 saturated carbocycles. The van der Waals surface area contributed by atoms with Gasteiger partial charge in [0.1, 0.15) is 0 Å². The van der Waals surface area contributed by atoms with Crippen LogP contribution in [-0.4, -0.2) is 0 Å². The Kier molecular flexibility index (Phi) is 19.6. The molecule has 0 aromatic heterocycles. The van der Waals surface area contributed by atoms with Gasteiger partial charge in [-0.15, -0.1) is 6.42 Å². The van der Waals surface area contributed by atoms with Crippen molar-refractivity contribution < 1.29 is 46.5 Å². The summed E-state index contributed by atoms with van der Waals surface area (Å²) in [5, 5.41) is 0. The third-order valence-corrected chi connectivity index (χ3v) is 2.38. The van der Waals surface area contributed by atoms with Gasteiger partial charge in [-0.25, -0.2) is 18.2 Å². The first-order valence-electron chi connectivity index (χ1n) is 5.77. The summed E-state index contributed by atoms with van der Waals surface area (Å²) in [5.74, 6) is 0. The van der Waals surface area contributed by atoms with Gasteiger partial charge in [-0.1, -0.05) is 33.1 Å². The van der Waals surface area contributed by atoms with Crippen molar-refractivity contribution in [2.24, 2.45) is 0 Å². The first-order valence-corrected chi connectivity index (χ1v) is 5.77. The number of hydrogen-bond acceptors (Lipinski definition) is 0. The monoisotopic (exact) mass is 318 g/mol. The van der Waals surface area contributed by atoms with Crippen LogP contribution in [0.15, 0.2) is 36.4 Å². The molecule has 0 heterocycles. The fraction of sp³-hybridized carbons (Fsp3) is 0.400. The van der Waals surface area contributed by atoms with Crippen molar-refractivity contribution in [3.8, 4) is 0 Å². The maximum absolute atomic E-state index is 2.99. The summed E-state index contributed by atoms with van der Waals surface area (Å²) in [6.45, 7) is 4.38. The van der Waals surface area contributed by atoms with Crippen molar-refractivity contribution in [2.45, 2.75) is 39.5 Å². The van der Waals surface area contributed by atoms with Crippen LogP contribution in [0.3, 0.4) is 0 Å². The van der Waals surface area contributed by atoms with Gasteiger partial charge in [0.2, 0.25) is 0 Å². The SMILES string of the molecule is CCCCc1cc[c-](C)c1.[C-]1=CC=CC1.[Cl-].[Cl-].[Ti+4]. The van der Waals surface area contributed by atoms with Crippen molar-refractivity contribution in [3.63, 3.8) is 0 Å². The quantitative estimate of drug-likeness (QED) is 0.464. The molecule has 0 fully saturated rings. The zero-order valence-corrected chi connectivity index (χ0v) is 14.1. The predicted octanol–water partition coefficient (Wildman–Crippen LogP) is -1.63. The molecule has 0 amide bonds. The van der Waals surface area contributed by atoms with Crippen molar-refractivity contribution in [3.05, 3.63) is 53.6 Å². The van der Waals surface area contributed by atoms with Crippen LogP contribution in [0, 0.1) is 13.0 Å². The molecular weight excluding hydrogens is 299 g/mol. The first kappa shape index (κ1) is 23.2. The van der Waals surface area contributed by atoms with E-state index in [4.69, 9.17) is 0 Å². The molecule has 1 aliphatic rings. The Hall–Kier alpha value is 0.124. The molecular formula is C15H20Cl2Ti. The summed E-state index contributed by atoms with van der Waals surface area (Å²) in [7, 11) is 0. The number of aryl methyl sites for hydroxylation is 2. The molecule has 3 heteroatoms. The Bertz CT molecular complexity index is 317. The number of unbranched alkanes of at least 4 members (excludes halogenated alkanes) is 1. The average molecular weight is 319 g/mol. The molecule has 0 N–H and O–H groups in total. The van der Waals surface area contributed by atoms with E-state index in [0.29, 0.717) is 0 Å². The summed E-state index contributed by atoms with van der Waals surface area (Å²) >= 11 is 0. The minimum Gasteiger partial charge on any atom is -1.00 e. The second-order valence-electron chi connectivity index (χ2n) is 3.90. The molecule has 1 aliphatic carbocycles. The van der Waals surface area contributed by atoms with Gasteiger partial charge in [0, 0.05) is 0 Å². The van der Waals surface area contributed by atoms with E-state index in [9.17, 15) is 0 Å². The Morgan fingerprint density at radius 3 is 2.39 bits per heavy atom. The Labute approximate surface area is 139 Å². The predicted molar refractivity (Wildman–Crippen MR) is 67.0 cm³/mol. The molecule has 1 aromatic rings. The molecule has 0 bridgehead atoms. The molecule has 1 aromatic carbocycles. The summed E-state index contributed by atoms with van der Waals surface area (Å²) in [4.78, 5) is 0. The third-order valence-electron chi connectivity index (χ3n) is 2.38. The van der Waals surface area contributed by atoms with Gasteiger partial charge in [-0.05, 0) is 0 Å². The van der Waals surface area contributed by atoms with Gasteiger partial charge in [-0.2, -0.15) is 29.3 Å². The number of allylic oxidation sites excluding steroid dienone is 4. The van der Waals surface area contributed by atoms with E-state index in [0.717, 1.165) is 6.42 Å². The van der Waals surface area contributed by atoms with Crippen LogP contribution in [-0.2, 0) is 28.1 Å². The van der Waals surface area contributed by atoms with Gasteiger partial charge >= 0.3 is 21.7 Å². The fourth-order valence-corrected chi connectivity index (χ4v) is 1.50. The fourth-order valence-electron chi connectivity index (χ4n) is 1.50. The first-order chi connectivity index (χ1) is 7.33. The van der Waals surface area contributed by atoms with E-state index in [1.54, 1.807) is 0 Å². The van der Waals surface area contributed by atoms with Crippen LogP contribution in [0.4, 0.5) is 0 Å². The van der Waals surface area contributed by atoms with Crippen LogP contribution in [0.2, 0.25) is 0 Å². The molecule has 0 aliphatic heterocycles. The van der Waals surface area contributed by atoms with Crippen LogP contribution < -0.4 is 24.8 Å². The molecule has 98 valence electrons. The van der Waals surface area contributed by atoms with Crippen LogP contribution >= 0.6 is 0 Å². The summed E-state index contributed by atoms with van der Waals surface area (Å²) in [6.07, 6.45) is 13.9. The minimum absolute atomic E-state index is 0. The second kappa shape index (κ2) is 15.2. The van der Waals surface area contributed by atoms with Crippen molar-refractivity contribution in [1.29, 1.82) is 0 Å². The Balaban J connectivity index is -0.000000245. The summed E-state index contributed by atoms with van der Waals surface area (Å²) in [5.41, 5.74) is 2.89. The van der Waals surface area contributed by atoms with Gasteiger partial charge in [0.15, 0.2) is 0 Å². The molecule has 18 heavy (non-hydrogen) atoms. The zero-order valence-electron chi connectivity index (χ0n) is 11.0. The van der Waals surface area contributed by atoms with E-state index in [1.165, 1.54) is 30.4 Å². The van der Waals surface area contributed by atoms with Crippen molar-refractivity contribution in [1.82, 2.24) is 0 Å². The topological polar surface area (TPSA) is 0 Å². The van der Waals surface area contributed by atoms with E-state index < -0.39 is 0 Å². The standard InChI is InChI=1S/C10H15.C5H5.2ClH.Ti/c1-3-4-5-10-7-6-9(2)8-10;1-2-4-5-3-1;;;/h6-8H,3-5H2,1-2H3;1-3H,4H2;2*1H;/q2*-1;;;+4/p-2. The van der Waals surface area contributed by atoms with E-state index in [1.807, 2.05) is 12.2 Å². The normalized spacial score (nSPS) is 10.6. The maximum Gasteiger partial charge on any atom is 4.00 e. The molecule has 0 nitrogen and oxygen atoms in total. The summed E-state index contributed by atoms with van der Waals surface area (Å²) in [6, 6.07) is 6.69. The molecule has 0 atom stereocenters. The summed E-state index contributed by atoms with van der Waals surface area (Å²) < 4.78 is 0. The van der Waals surface area contributed by atoms with Gasteiger partial charge in [0.05, 0.1) is 0 Å². The van der Waals surface area contributed by atoms with Crippen LogP contribution in [0.25, 0.3) is 0 Å². The van der Waals surface area contributed by atoms with Gasteiger partial charge in [0.25, 0.3) is 0 Å². The van der Waals surface area contributed by atoms with Crippen LogP contribution in [0.5, 0.6) is 0 Å². The second-order valence-corrected chi connectivity index (χ2v) is 3.90. The molecule has 0 unspecified atom stereocenters. The largest absolute Gasteiger partial charge is 4.00 e. The molecule has 0 saturated heterocycles. The van der Waals surface area contributed by atoms with Crippen molar-refractivity contribution in [2.75, 3.05) is 0 Å². The smallest absolute Gasteiger partial charge is 1.00 e. The molecule has 2 rings (SSSR count). The Morgan fingerprint density at radius 2 is 2.06 bits per heavy atom.